The topological polar surface area (TPSA) is 50.8 Å². The molecule has 3 rings (SSSR count). The van der Waals surface area contributed by atoms with Crippen molar-refractivity contribution in [2.45, 2.75) is 25.7 Å². The van der Waals surface area contributed by atoms with Crippen molar-refractivity contribution in [2.24, 2.45) is 5.92 Å². The molecule has 1 heterocycles. The van der Waals surface area contributed by atoms with Crippen molar-refractivity contribution in [2.75, 3.05) is 39.2 Å². The Kier molecular flexibility index (Phi) is 7.78. The average molecular weight is 417 g/mol. The van der Waals surface area contributed by atoms with E-state index in [1.54, 1.807) is 20.3 Å². The number of halogens is 1. The molecular weight excluding hydrogens is 388 g/mol. The van der Waals surface area contributed by atoms with Crippen LogP contribution in [0.3, 0.4) is 0 Å². The average Bonchev–Trinajstić information content (AvgIpc) is 2.74. The molecule has 0 spiro atoms. The number of likely N-dealkylation sites (tertiary alicyclic amines) is 1. The number of ether oxygens (including phenoxy) is 2. The molecule has 156 valence electrons. The lowest BCUT2D eigenvalue weighted by atomic mass is 9.90. The molecule has 1 amide bonds. The van der Waals surface area contributed by atoms with Crippen LogP contribution in [-0.2, 0) is 11.2 Å². The first-order valence-electron chi connectivity index (χ1n) is 10.1. The third-order valence-electron chi connectivity index (χ3n) is 5.47. The molecule has 0 aliphatic carbocycles. The van der Waals surface area contributed by atoms with Gasteiger partial charge in [-0.1, -0.05) is 23.7 Å². The van der Waals surface area contributed by atoms with E-state index in [-0.39, 0.29) is 5.91 Å². The molecule has 1 fully saturated rings. The van der Waals surface area contributed by atoms with Crippen LogP contribution in [0.25, 0.3) is 0 Å². The molecule has 0 bridgehead atoms. The number of nitrogens with one attached hydrogen (secondary N) is 1. The lowest BCUT2D eigenvalue weighted by Gasteiger charge is -2.31. The number of aryl methyl sites for hydroxylation is 1. The van der Waals surface area contributed by atoms with Crippen molar-refractivity contribution in [3.05, 3.63) is 53.1 Å². The van der Waals surface area contributed by atoms with Crippen LogP contribution < -0.4 is 14.8 Å². The quantitative estimate of drug-likeness (QED) is 0.681. The number of anilines is 1. The van der Waals surface area contributed by atoms with E-state index in [0.717, 1.165) is 50.3 Å². The highest BCUT2D eigenvalue weighted by Gasteiger charge is 2.21. The normalized spacial score (nSPS) is 15.1. The number of hydrogen-bond donors (Lipinski definition) is 1. The lowest BCUT2D eigenvalue weighted by molar-refractivity contribution is -0.117. The second kappa shape index (κ2) is 10.5. The van der Waals surface area contributed by atoms with Gasteiger partial charge >= 0.3 is 0 Å². The minimum Gasteiger partial charge on any atom is -0.497 e. The standard InChI is InChI=1S/C23H29ClN2O3/c1-28-19-13-18(14-20(15-19)29-2)8-7-17-9-11-26(12-10-17)16-23(27)25-22-6-4-3-5-21(22)24/h3-6,13-15,17H,7-12,16H2,1-2H3,(H,25,27). The molecule has 0 radical (unpaired) electrons. The van der Waals surface area contributed by atoms with Crippen molar-refractivity contribution in [3.63, 3.8) is 0 Å². The smallest absolute Gasteiger partial charge is 0.238 e. The van der Waals surface area contributed by atoms with Crippen molar-refractivity contribution >= 4 is 23.2 Å². The Hall–Kier alpha value is -2.24. The summed E-state index contributed by atoms with van der Waals surface area (Å²) in [6.45, 7) is 2.30. The van der Waals surface area contributed by atoms with Crippen LogP contribution >= 0.6 is 11.6 Å². The van der Waals surface area contributed by atoms with Gasteiger partial charge in [-0.3, -0.25) is 9.69 Å². The van der Waals surface area contributed by atoms with E-state index in [0.29, 0.717) is 23.2 Å². The van der Waals surface area contributed by atoms with Crippen LogP contribution in [-0.4, -0.2) is 44.7 Å². The number of piperidine rings is 1. The molecule has 5 nitrogen and oxygen atoms in total. The van der Waals surface area contributed by atoms with Gasteiger partial charge in [0.15, 0.2) is 0 Å². The third-order valence-corrected chi connectivity index (χ3v) is 5.80. The van der Waals surface area contributed by atoms with Gasteiger partial charge in [-0.05, 0) is 74.5 Å². The fraction of sp³-hybridized carbons (Fsp3) is 0.435. The molecule has 29 heavy (non-hydrogen) atoms. The highest BCUT2D eigenvalue weighted by Crippen LogP contribution is 2.27. The first-order valence-corrected chi connectivity index (χ1v) is 10.4. The number of methoxy groups -OCH3 is 2. The molecule has 1 aliphatic rings. The van der Waals surface area contributed by atoms with Crippen LogP contribution in [0.2, 0.25) is 5.02 Å². The third kappa shape index (κ3) is 6.38. The zero-order chi connectivity index (χ0) is 20.6. The molecular formula is C23H29ClN2O3. The first-order chi connectivity index (χ1) is 14.1. The van der Waals surface area contributed by atoms with Crippen molar-refractivity contribution in [3.8, 4) is 11.5 Å². The summed E-state index contributed by atoms with van der Waals surface area (Å²) in [5.41, 5.74) is 1.91. The Morgan fingerprint density at radius 2 is 1.76 bits per heavy atom. The summed E-state index contributed by atoms with van der Waals surface area (Å²) in [5, 5.41) is 3.46. The predicted molar refractivity (Wildman–Crippen MR) is 117 cm³/mol. The number of rotatable bonds is 8. The van der Waals surface area contributed by atoms with Crippen LogP contribution in [0.4, 0.5) is 5.69 Å². The van der Waals surface area contributed by atoms with Gasteiger partial charge in [0.25, 0.3) is 0 Å². The fourth-order valence-corrected chi connectivity index (χ4v) is 3.95. The van der Waals surface area contributed by atoms with Gasteiger partial charge < -0.3 is 14.8 Å². The summed E-state index contributed by atoms with van der Waals surface area (Å²) in [4.78, 5) is 14.5. The number of nitrogens with zero attached hydrogens (tertiary/aromatic N) is 1. The van der Waals surface area contributed by atoms with E-state index in [1.165, 1.54) is 5.56 Å². The van der Waals surface area contributed by atoms with Gasteiger partial charge in [0, 0.05) is 6.07 Å². The Morgan fingerprint density at radius 3 is 2.38 bits per heavy atom. The van der Waals surface area contributed by atoms with Crippen LogP contribution in [0.15, 0.2) is 42.5 Å². The van der Waals surface area contributed by atoms with E-state index >= 15 is 0 Å². The van der Waals surface area contributed by atoms with E-state index in [2.05, 4.69) is 22.3 Å². The molecule has 6 heteroatoms. The van der Waals surface area contributed by atoms with Crippen molar-refractivity contribution < 1.29 is 14.3 Å². The van der Waals surface area contributed by atoms with Gasteiger partial charge in [0.1, 0.15) is 11.5 Å². The summed E-state index contributed by atoms with van der Waals surface area (Å²) in [6, 6.07) is 13.4. The van der Waals surface area contributed by atoms with E-state index in [4.69, 9.17) is 21.1 Å². The second-order valence-electron chi connectivity index (χ2n) is 7.51. The zero-order valence-corrected chi connectivity index (χ0v) is 17.9. The fourth-order valence-electron chi connectivity index (χ4n) is 3.77. The van der Waals surface area contributed by atoms with Crippen LogP contribution in [0, 0.1) is 5.92 Å². The van der Waals surface area contributed by atoms with E-state index < -0.39 is 0 Å². The Bertz CT molecular complexity index is 797. The maximum atomic E-state index is 12.3. The van der Waals surface area contributed by atoms with Crippen LogP contribution in [0.1, 0.15) is 24.8 Å². The molecule has 0 unspecified atom stereocenters. The molecule has 1 saturated heterocycles. The van der Waals surface area contributed by atoms with E-state index in [1.807, 2.05) is 24.3 Å². The summed E-state index contributed by atoms with van der Waals surface area (Å²) < 4.78 is 10.7. The molecule has 1 N–H and O–H groups in total. The molecule has 2 aromatic carbocycles. The predicted octanol–water partition coefficient (Wildman–Crippen LogP) is 4.64. The summed E-state index contributed by atoms with van der Waals surface area (Å²) in [6.07, 6.45) is 4.36. The van der Waals surface area contributed by atoms with Crippen molar-refractivity contribution in [1.82, 2.24) is 4.90 Å². The minimum absolute atomic E-state index is 0.0139. The summed E-state index contributed by atoms with van der Waals surface area (Å²) in [5.74, 6) is 2.33. The summed E-state index contributed by atoms with van der Waals surface area (Å²) in [7, 11) is 3.35. The highest BCUT2D eigenvalue weighted by molar-refractivity contribution is 6.33. The number of benzene rings is 2. The number of para-hydroxylation sites is 1. The maximum absolute atomic E-state index is 12.3. The first kappa shape index (κ1) is 21.5. The Balaban J connectivity index is 1.42. The lowest BCUT2D eigenvalue weighted by Crippen LogP contribution is -2.39. The molecule has 0 saturated carbocycles. The minimum atomic E-state index is -0.0139. The largest absolute Gasteiger partial charge is 0.497 e. The maximum Gasteiger partial charge on any atom is 0.238 e. The SMILES string of the molecule is COc1cc(CCC2CCN(CC(=O)Nc3ccccc3Cl)CC2)cc(OC)c1. The van der Waals surface area contributed by atoms with Gasteiger partial charge in [-0.25, -0.2) is 0 Å². The Labute approximate surface area is 177 Å². The van der Waals surface area contributed by atoms with Crippen molar-refractivity contribution in [1.29, 1.82) is 0 Å². The van der Waals surface area contributed by atoms with Gasteiger partial charge in [-0.15, -0.1) is 0 Å². The van der Waals surface area contributed by atoms with Gasteiger partial charge in [0.2, 0.25) is 5.91 Å². The Morgan fingerprint density at radius 1 is 1.10 bits per heavy atom. The number of carbonyl (C=O) groups excluding carboxylic acids is 1. The summed E-state index contributed by atoms with van der Waals surface area (Å²) >= 11 is 6.11. The molecule has 0 atom stereocenters. The molecule has 0 aromatic heterocycles. The van der Waals surface area contributed by atoms with Crippen LogP contribution in [0.5, 0.6) is 11.5 Å². The monoisotopic (exact) mass is 416 g/mol. The van der Waals surface area contributed by atoms with Gasteiger partial charge in [0.05, 0.1) is 31.5 Å². The van der Waals surface area contributed by atoms with E-state index in [9.17, 15) is 4.79 Å². The highest BCUT2D eigenvalue weighted by atomic mass is 35.5. The number of carbonyl (C=O) groups is 1. The zero-order valence-electron chi connectivity index (χ0n) is 17.1. The molecule has 2 aromatic rings. The number of amides is 1. The number of hydrogen-bond acceptors (Lipinski definition) is 4. The van der Waals surface area contributed by atoms with Gasteiger partial charge in [-0.2, -0.15) is 0 Å². The second-order valence-corrected chi connectivity index (χ2v) is 7.91. The molecule has 1 aliphatic heterocycles.